The Bertz CT molecular complexity index is 1470. The molecule has 15 nitrogen and oxygen atoms in total. The van der Waals surface area contributed by atoms with Crippen LogP contribution in [0.25, 0.3) is 0 Å². The molecule has 0 radical (unpaired) electrons. The molecule has 2 saturated heterocycles. The lowest BCUT2D eigenvalue weighted by Gasteiger charge is -2.42. The number of aliphatic hydroxyl groups is 7. The molecule has 0 saturated carbocycles. The second-order valence-electron chi connectivity index (χ2n) is 16.7. The first-order valence-corrected chi connectivity index (χ1v) is 24.2. The molecular weight excluding hydrogens is 853 g/mol. The largest absolute Gasteiger partial charge is 0.462 e. The first-order valence-electron chi connectivity index (χ1n) is 24.2. The Hall–Kier alpha value is -3.32. The fourth-order valence-corrected chi connectivity index (χ4v) is 6.98. The summed E-state index contributed by atoms with van der Waals surface area (Å²) in [5.41, 5.74) is 0. The van der Waals surface area contributed by atoms with Gasteiger partial charge in [-0.25, -0.2) is 0 Å². The summed E-state index contributed by atoms with van der Waals surface area (Å²) in [7, 11) is 0. The molecule has 0 bridgehead atoms. The van der Waals surface area contributed by atoms with Crippen molar-refractivity contribution in [3.05, 3.63) is 85.1 Å². The molecule has 2 aliphatic rings. The van der Waals surface area contributed by atoms with E-state index in [0.717, 1.165) is 57.8 Å². The number of allylic oxidation sites excluding steroid dienone is 14. The molecule has 0 aromatic rings. The van der Waals surface area contributed by atoms with Gasteiger partial charge in [-0.3, -0.25) is 9.59 Å². The van der Waals surface area contributed by atoms with Gasteiger partial charge in [0.25, 0.3) is 0 Å². The summed E-state index contributed by atoms with van der Waals surface area (Å²) in [6.45, 7) is 2.30. The van der Waals surface area contributed by atoms with Gasteiger partial charge in [-0.15, -0.1) is 0 Å². The summed E-state index contributed by atoms with van der Waals surface area (Å²) in [5, 5.41) is 71.9. The van der Waals surface area contributed by atoms with Gasteiger partial charge in [-0.2, -0.15) is 0 Å². The third kappa shape index (κ3) is 25.7. The Balaban J connectivity index is 1.86. The van der Waals surface area contributed by atoms with Gasteiger partial charge in [0.05, 0.1) is 19.8 Å². The molecule has 2 rings (SSSR count). The van der Waals surface area contributed by atoms with Crippen molar-refractivity contribution in [3.63, 3.8) is 0 Å². The van der Waals surface area contributed by atoms with E-state index < -0.39 is 99.3 Å². The van der Waals surface area contributed by atoms with E-state index >= 15 is 0 Å². The van der Waals surface area contributed by atoms with Crippen molar-refractivity contribution in [1.82, 2.24) is 0 Å². The van der Waals surface area contributed by atoms with Crippen molar-refractivity contribution in [2.45, 2.75) is 197 Å². The number of carbonyl (C=O) groups excluding carboxylic acids is 2. The van der Waals surface area contributed by atoms with Gasteiger partial charge in [-0.05, 0) is 57.8 Å². The first kappa shape index (κ1) is 58.8. The summed E-state index contributed by atoms with van der Waals surface area (Å²) in [5.74, 6) is -1.03. The maximum Gasteiger partial charge on any atom is 0.306 e. The van der Waals surface area contributed by atoms with Crippen LogP contribution in [0.5, 0.6) is 0 Å². The van der Waals surface area contributed by atoms with E-state index in [2.05, 4.69) is 44.2 Å². The van der Waals surface area contributed by atoms with Crippen LogP contribution in [0.4, 0.5) is 0 Å². The average Bonchev–Trinajstić information content (AvgIpc) is 3.31. The number of rotatable bonds is 35. The second-order valence-corrected chi connectivity index (χ2v) is 16.7. The highest BCUT2D eigenvalue weighted by Crippen LogP contribution is 2.26. The number of unbranched alkanes of at least 4 members (excludes halogenated alkanes) is 11. The van der Waals surface area contributed by atoms with Crippen molar-refractivity contribution < 1.29 is 73.8 Å². The topological polar surface area (TPSA) is 231 Å². The maximum absolute atomic E-state index is 12.9. The SMILES string of the molecule is CC/C=C/C=C/C=C/C=C/C=C/CCCC(=O)OC(COC(=O)CCCCCCCCC/C=C/C/C=C/CCCCC)CO[C@@H]1O[C@H](CO[C@@H]2O[C@H](CO)[C@H](O)C(O)C2O)[C@H](O)C(O)C1O. The molecule has 0 aromatic carbocycles. The third-order valence-corrected chi connectivity index (χ3v) is 11.0. The number of hydrogen-bond acceptors (Lipinski definition) is 15. The molecule has 7 N–H and O–H groups in total. The number of ether oxygens (including phenoxy) is 6. The highest BCUT2D eigenvalue weighted by molar-refractivity contribution is 5.70. The van der Waals surface area contributed by atoms with Crippen molar-refractivity contribution >= 4 is 11.9 Å². The minimum Gasteiger partial charge on any atom is -0.462 e. The number of aliphatic hydroxyl groups excluding tert-OH is 7. The van der Waals surface area contributed by atoms with Gasteiger partial charge in [0, 0.05) is 12.8 Å². The van der Waals surface area contributed by atoms with Crippen LogP contribution < -0.4 is 0 Å². The van der Waals surface area contributed by atoms with E-state index in [9.17, 15) is 45.3 Å². The highest BCUT2D eigenvalue weighted by Gasteiger charge is 2.47. The molecule has 15 heteroatoms. The Kier molecular flexibility index (Phi) is 33.5. The molecule has 0 aliphatic carbocycles. The smallest absolute Gasteiger partial charge is 0.306 e. The summed E-state index contributed by atoms with van der Waals surface area (Å²) >= 11 is 0. The van der Waals surface area contributed by atoms with Crippen LogP contribution in [0.15, 0.2) is 85.1 Å². The zero-order chi connectivity index (χ0) is 48.2. The van der Waals surface area contributed by atoms with E-state index in [1.54, 1.807) is 0 Å². The lowest BCUT2D eigenvalue weighted by Crippen LogP contribution is -2.61. The van der Waals surface area contributed by atoms with Crippen LogP contribution in [0.2, 0.25) is 0 Å². The first-order chi connectivity index (χ1) is 32.0. The van der Waals surface area contributed by atoms with E-state index in [0.29, 0.717) is 19.3 Å². The van der Waals surface area contributed by atoms with Crippen molar-refractivity contribution in [3.8, 4) is 0 Å². The Morgan fingerprint density at radius 3 is 1.65 bits per heavy atom. The molecule has 0 spiro atoms. The number of hydrogen-bond donors (Lipinski definition) is 7. The average molecular weight is 935 g/mol. The van der Waals surface area contributed by atoms with Gasteiger partial charge in [0.1, 0.15) is 55.4 Å². The zero-order valence-corrected chi connectivity index (χ0v) is 39.4. The lowest BCUT2D eigenvalue weighted by molar-refractivity contribution is -0.332. The van der Waals surface area contributed by atoms with Crippen molar-refractivity contribution in [1.29, 1.82) is 0 Å². The fourth-order valence-electron chi connectivity index (χ4n) is 6.98. The van der Waals surface area contributed by atoms with E-state index in [1.807, 2.05) is 54.7 Å². The molecular formula is C51H82O15. The quantitative estimate of drug-likeness (QED) is 0.0166. The van der Waals surface area contributed by atoms with Crippen molar-refractivity contribution in [2.75, 3.05) is 26.4 Å². The standard InChI is InChI=1S/C51H82O15/c1-3-5-7-9-11-13-15-17-18-19-20-22-23-25-27-29-31-33-42(53)61-36-39(64-43(54)34-32-30-28-26-24-21-16-14-12-10-8-6-4-2)37-62-50-49(60)47(58)45(56)41(66-50)38-63-51-48(59)46(57)44(55)40(35-52)65-51/h6,8,10-14,16-18,21,24,26,28,39-41,44-52,55-60H,3-5,7,9,15,19-20,22-23,25,27,29-38H2,1-2H3/b8-6+,12-10+,13-11+,16-14+,18-17+,24-21+,28-26+/t39?,40-,41-,44+,45+,46?,47?,48?,49?,50-,51-/m1/s1. The lowest BCUT2D eigenvalue weighted by atomic mass is 9.98. The Labute approximate surface area is 393 Å². The van der Waals surface area contributed by atoms with Gasteiger partial charge in [0.2, 0.25) is 0 Å². The molecule has 2 heterocycles. The number of esters is 2. The number of carbonyl (C=O) groups is 2. The monoisotopic (exact) mass is 935 g/mol. The fraction of sp³-hybridized carbons (Fsp3) is 0.686. The minimum absolute atomic E-state index is 0.0624. The van der Waals surface area contributed by atoms with E-state index in [-0.39, 0.29) is 19.4 Å². The van der Waals surface area contributed by atoms with Gasteiger partial charge in [0.15, 0.2) is 18.7 Å². The predicted octanol–water partition coefficient (Wildman–Crippen LogP) is 6.04. The minimum atomic E-state index is -1.78. The summed E-state index contributed by atoms with van der Waals surface area (Å²) in [6, 6.07) is 0. The molecule has 5 unspecified atom stereocenters. The van der Waals surface area contributed by atoms with E-state index in [1.165, 1.54) is 25.7 Å². The predicted molar refractivity (Wildman–Crippen MR) is 252 cm³/mol. The zero-order valence-electron chi connectivity index (χ0n) is 39.4. The molecule has 0 aromatic heterocycles. The summed E-state index contributed by atoms with van der Waals surface area (Å²) in [4.78, 5) is 25.7. The normalized spacial score (nSPS) is 26.9. The van der Waals surface area contributed by atoms with Gasteiger partial charge < -0.3 is 64.2 Å². The van der Waals surface area contributed by atoms with Crippen molar-refractivity contribution in [2.24, 2.45) is 0 Å². The van der Waals surface area contributed by atoms with Crippen LogP contribution in [-0.2, 0) is 38.0 Å². The molecule has 2 fully saturated rings. The maximum atomic E-state index is 12.9. The van der Waals surface area contributed by atoms with Crippen LogP contribution in [0, 0.1) is 0 Å². The van der Waals surface area contributed by atoms with Gasteiger partial charge >= 0.3 is 11.9 Å². The molecule has 376 valence electrons. The molecule has 2 aliphatic heterocycles. The summed E-state index contributed by atoms with van der Waals surface area (Å²) in [6.07, 6.45) is 27.7. The Morgan fingerprint density at radius 2 is 1.03 bits per heavy atom. The molecule has 11 atom stereocenters. The van der Waals surface area contributed by atoms with E-state index in [4.69, 9.17) is 28.4 Å². The third-order valence-electron chi connectivity index (χ3n) is 11.0. The molecule has 66 heavy (non-hydrogen) atoms. The second kappa shape index (κ2) is 37.6. The molecule has 0 amide bonds. The van der Waals surface area contributed by atoms with Crippen LogP contribution in [-0.4, -0.2) is 142 Å². The van der Waals surface area contributed by atoms with Gasteiger partial charge in [-0.1, -0.05) is 144 Å². The summed E-state index contributed by atoms with van der Waals surface area (Å²) < 4.78 is 33.4. The van der Waals surface area contributed by atoms with Crippen LogP contribution in [0.3, 0.4) is 0 Å². The van der Waals surface area contributed by atoms with Crippen LogP contribution in [0.1, 0.15) is 129 Å². The Morgan fingerprint density at radius 1 is 0.515 bits per heavy atom. The highest BCUT2D eigenvalue weighted by atomic mass is 16.7. The van der Waals surface area contributed by atoms with Crippen LogP contribution >= 0.6 is 0 Å².